The number of carbonyl (C=O) groups is 1. The molecule has 0 spiro atoms. The van der Waals surface area contributed by atoms with Gasteiger partial charge in [-0.2, -0.15) is 0 Å². The molecule has 1 N–H and O–H groups in total. The fourth-order valence-electron chi connectivity index (χ4n) is 5.29. The van der Waals surface area contributed by atoms with Gasteiger partial charge in [-0.3, -0.25) is 14.6 Å². The van der Waals surface area contributed by atoms with E-state index < -0.39 is 0 Å². The number of nitrogens with one attached hydrogen (secondary N) is 1. The molecule has 1 aliphatic carbocycles. The van der Waals surface area contributed by atoms with Crippen LogP contribution >= 0.6 is 0 Å². The van der Waals surface area contributed by atoms with E-state index in [-0.39, 0.29) is 17.5 Å². The number of amides is 1. The second kappa shape index (κ2) is 7.51. The van der Waals surface area contributed by atoms with Crippen LogP contribution in [0.3, 0.4) is 0 Å². The molecule has 0 unspecified atom stereocenters. The highest BCUT2D eigenvalue weighted by molar-refractivity contribution is 5.87. The van der Waals surface area contributed by atoms with Crippen LogP contribution in [-0.4, -0.2) is 97.8 Å². The van der Waals surface area contributed by atoms with Gasteiger partial charge in [0.25, 0.3) is 0 Å². The van der Waals surface area contributed by atoms with Gasteiger partial charge in [-0.05, 0) is 45.8 Å². The lowest BCUT2D eigenvalue weighted by Crippen LogP contribution is -2.62. The van der Waals surface area contributed by atoms with Crippen LogP contribution in [0.25, 0.3) is 0 Å². The molecular weight excluding hydrogens is 316 g/mol. The van der Waals surface area contributed by atoms with E-state index in [1.807, 2.05) is 0 Å². The smallest absolute Gasteiger partial charge is 0.240 e. The van der Waals surface area contributed by atoms with Crippen molar-refractivity contribution in [3.63, 3.8) is 0 Å². The SMILES string of the molecule is CN1CCN([C@H]2COC[C@@H]2NC(=O)C2(N3CCCC3)CCCC2)CC1. The minimum atomic E-state index is -0.230. The number of likely N-dealkylation sites (tertiary alicyclic amines) is 1. The van der Waals surface area contributed by atoms with E-state index in [2.05, 4.69) is 27.1 Å². The molecule has 4 aliphatic rings. The summed E-state index contributed by atoms with van der Waals surface area (Å²) in [6, 6.07) is 0.491. The average Bonchev–Trinajstić information content (AvgIpc) is 3.37. The minimum Gasteiger partial charge on any atom is -0.378 e. The van der Waals surface area contributed by atoms with Crippen LogP contribution in [0.4, 0.5) is 0 Å². The van der Waals surface area contributed by atoms with E-state index in [1.165, 1.54) is 25.7 Å². The summed E-state index contributed by atoms with van der Waals surface area (Å²) in [7, 11) is 2.18. The Hall–Kier alpha value is -0.690. The van der Waals surface area contributed by atoms with Crippen LogP contribution in [-0.2, 0) is 9.53 Å². The Morgan fingerprint density at radius 3 is 2.32 bits per heavy atom. The molecule has 3 saturated heterocycles. The largest absolute Gasteiger partial charge is 0.378 e. The molecular formula is C19H34N4O2. The van der Waals surface area contributed by atoms with E-state index in [9.17, 15) is 4.79 Å². The number of nitrogens with zero attached hydrogens (tertiary/aromatic N) is 3. The number of likely N-dealkylation sites (N-methyl/N-ethyl adjacent to an activating group) is 1. The molecule has 0 aromatic rings. The summed E-state index contributed by atoms with van der Waals surface area (Å²) < 4.78 is 5.79. The third kappa shape index (κ3) is 3.46. The highest BCUT2D eigenvalue weighted by atomic mass is 16.5. The summed E-state index contributed by atoms with van der Waals surface area (Å²) in [6.45, 7) is 7.98. The summed E-state index contributed by atoms with van der Waals surface area (Å²) in [5.74, 6) is 0.279. The van der Waals surface area contributed by atoms with E-state index in [1.54, 1.807) is 0 Å². The first-order valence-electron chi connectivity index (χ1n) is 10.3. The fourth-order valence-corrected chi connectivity index (χ4v) is 5.29. The van der Waals surface area contributed by atoms with Crippen molar-refractivity contribution < 1.29 is 9.53 Å². The van der Waals surface area contributed by atoms with Crippen molar-refractivity contribution in [3.8, 4) is 0 Å². The summed E-state index contributed by atoms with van der Waals surface area (Å²) in [5.41, 5.74) is -0.230. The minimum absolute atomic E-state index is 0.149. The van der Waals surface area contributed by atoms with Gasteiger partial charge in [-0.1, -0.05) is 12.8 Å². The maximum absolute atomic E-state index is 13.4. The molecule has 25 heavy (non-hydrogen) atoms. The Balaban J connectivity index is 1.42. The predicted octanol–water partition coefficient (Wildman–Crippen LogP) is 0.526. The first kappa shape index (κ1) is 17.7. The second-order valence-electron chi connectivity index (χ2n) is 8.46. The maximum atomic E-state index is 13.4. The van der Waals surface area contributed by atoms with Crippen LogP contribution in [0.15, 0.2) is 0 Å². The van der Waals surface area contributed by atoms with Crippen LogP contribution in [0.1, 0.15) is 38.5 Å². The molecule has 6 heteroatoms. The van der Waals surface area contributed by atoms with E-state index >= 15 is 0 Å². The van der Waals surface area contributed by atoms with Gasteiger partial charge in [0.05, 0.1) is 25.3 Å². The van der Waals surface area contributed by atoms with Crippen LogP contribution < -0.4 is 5.32 Å². The lowest BCUT2D eigenvalue weighted by molar-refractivity contribution is -0.134. The zero-order chi connectivity index (χ0) is 17.3. The molecule has 0 aromatic heterocycles. The van der Waals surface area contributed by atoms with Gasteiger partial charge < -0.3 is 15.0 Å². The van der Waals surface area contributed by atoms with E-state index in [0.29, 0.717) is 12.6 Å². The summed E-state index contributed by atoms with van der Waals surface area (Å²) in [4.78, 5) is 20.7. The monoisotopic (exact) mass is 350 g/mol. The van der Waals surface area contributed by atoms with Gasteiger partial charge in [0.2, 0.25) is 5.91 Å². The molecule has 3 aliphatic heterocycles. The number of hydrogen-bond acceptors (Lipinski definition) is 5. The third-order valence-corrected chi connectivity index (χ3v) is 6.94. The molecule has 142 valence electrons. The van der Waals surface area contributed by atoms with Crippen molar-refractivity contribution in [1.29, 1.82) is 0 Å². The van der Waals surface area contributed by atoms with Gasteiger partial charge in [0, 0.05) is 26.2 Å². The van der Waals surface area contributed by atoms with Gasteiger partial charge in [0.1, 0.15) is 5.54 Å². The Labute approximate surface area is 151 Å². The van der Waals surface area contributed by atoms with Crippen molar-refractivity contribution in [2.75, 3.05) is 59.5 Å². The Bertz CT molecular complexity index is 466. The van der Waals surface area contributed by atoms with Crippen molar-refractivity contribution in [2.45, 2.75) is 56.1 Å². The number of rotatable bonds is 4. The number of piperazine rings is 1. The lowest BCUT2D eigenvalue weighted by atomic mass is 9.93. The van der Waals surface area contributed by atoms with Crippen LogP contribution in [0, 0.1) is 0 Å². The van der Waals surface area contributed by atoms with Gasteiger partial charge in [-0.25, -0.2) is 0 Å². The van der Waals surface area contributed by atoms with Crippen LogP contribution in [0.2, 0.25) is 0 Å². The normalized spacial score (nSPS) is 34.6. The van der Waals surface area contributed by atoms with Crippen molar-refractivity contribution >= 4 is 5.91 Å². The van der Waals surface area contributed by atoms with E-state index in [0.717, 1.165) is 58.7 Å². The molecule has 0 radical (unpaired) electrons. The van der Waals surface area contributed by atoms with Crippen molar-refractivity contribution in [2.24, 2.45) is 0 Å². The molecule has 4 fully saturated rings. The molecule has 0 bridgehead atoms. The van der Waals surface area contributed by atoms with E-state index in [4.69, 9.17) is 4.74 Å². The standard InChI is InChI=1S/C19H34N4O2/c1-21-10-12-22(13-11-21)17-15-25-14-16(17)20-18(24)19(6-2-3-7-19)23-8-4-5-9-23/h16-17H,2-15H2,1H3,(H,20,24)/t16-,17-/m0/s1. The second-order valence-corrected chi connectivity index (χ2v) is 8.46. The third-order valence-electron chi connectivity index (χ3n) is 6.94. The number of carbonyl (C=O) groups excluding carboxylic acids is 1. The summed E-state index contributed by atoms with van der Waals surface area (Å²) in [6.07, 6.45) is 6.92. The molecule has 0 aromatic carbocycles. The van der Waals surface area contributed by atoms with Gasteiger partial charge in [0.15, 0.2) is 0 Å². The first-order chi connectivity index (χ1) is 12.2. The predicted molar refractivity (Wildman–Crippen MR) is 97.6 cm³/mol. The Morgan fingerprint density at radius 1 is 0.960 bits per heavy atom. The molecule has 4 rings (SSSR count). The lowest BCUT2D eigenvalue weighted by Gasteiger charge is -2.41. The molecule has 2 atom stereocenters. The topological polar surface area (TPSA) is 48.1 Å². The van der Waals surface area contributed by atoms with Crippen LogP contribution in [0.5, 0.6) is 0 Å². The molecule has 1 amide bonds. The average molecular weight is 351 g/mol. The summed E-state index contributed by atoms with van der Waals surface area (Å²) >= 11 is 0. The maximum Gasteiger partial charge on any atom is 0.240 e. The van der Waals surface area contributed by atoms with Crippen molar-refractivity contribution in [3.05, 3.63) is 0 Å². The Morgan fingerprint density at radius 2 is 1.64 bits per heavy atom. The zero-order valence-corrected chi connectivity index (χ0v) is 15.7. The zero-order valence-electron chi connectivity index (χ0n) is 15.7. The van der Waals surface area contributed by atoms with Gasteiger partial charge >= 0.3 is 0 Å². The summed E-state index contributed by atoms with van der Waals surface area (Å²) in [5, 5.41) is 3.44. The number of hydrogen-bond donors (Lipinski definition) is 1. The Kier molecular flexibility index (Phi) is 5.32. The molecule has 6 nitrogen and oxygen atoms in total. The van der Waals surface area contributed by atoms with Crippen molar-refractivity contribution in [1.82, 2.24) is 20.0 Å². The highest BCUT2D eigenvalue weighted by Gasteiger charge is 2.48. The number of ether oxygens (including phenoxy) is 1. The molecule has 1 saturated carbocycles. The quantitative estimate of drug-likeness (QED) is 0.801. The van der Waals surface area contributed by atoms with Gasteiger partial charge in [-0.15, -0.1) is 0 Å². The first-order valence-corrected chi connectivity index (χ1v) is 10.3. The molecule has 3 heterocycles. The highest BCUT2D eigenvalue weighted by Crippen LogP contribution is 2.38. The fraction of sp³-hybridized carbons (Fsp3) is 0.947.